The van der Waals surface area contributed by atoms with Crippen molar-refractivity contribution in [2.75, 3.05) is 26.3 Å². The summed E-state index contributed by atoms with van der Waals surface area (Å²) in [5.41, 5.74) is 1.89. The Hall–Kier alpha value is -2.25. The Morgan fingerprint density at radius 2 is 2.12 bits per heavy atom. The van der Waals surface area contributed by atoms with E-state index in [4.69, 9.17) is 9.26 Å². The van der Waals surface area contributed by atoms with E-state index in [1.807, 2.05) is 6.92 Å². The highest BCUT2D eigenvalue weighted by Gasteiger charge is 2.16. The molecule has 24 heavy (non-hydrogen) atoms. The number of rotatable bonds is 5. The smallest absolute Gasteiger partial charge is 0.273 e. The van der Waals surface area contributed by atoms with E-state index < -0.39 is 0 Å². The van der Waals surface area contributed by atoms with E-state index in [1.54, 1.807) is 12.1 Å². The minimum Gasteiger partial charge on any atom is -0.379 e. The number of hydrogen-bond acceptors (Lipinski definition) is 5. The molecule has 1 aromatic heterocycles. The number of benzene rings is 1. The largest absolute Gasteiger partial charge is 0.379 e. The van der Waals surface area contributed by atoms with Crippen LogP contribution in [-0.4, -0.2) is 42.3 Å². The third kappa shape index (κ3) is 4.18. The maximum atomic E-state index is 13.3. The van der Waals surface area contributed by atoms with Crippen LogP contribution in [0.5, 0.6) is 0 Å². The molecule has 2 aromatic rings. The predicted octanol–water partition coefficient (Wildman–Crippen LogP) is 1.88. The van der Waals surface area contributed by atoms with Crippen LogP contribution in [0.4, 0.5) is 4.39 Å². The highest BCUT2D eigenvalue weighted by Crippen LogP contribution is 2.12. The van der Waals surface area contributed by atoms with Gasteiger partial charge in [0.25, 0.3) is 5.91 Å². The minimum absolute atomic E-state index is 0.229. The molecule has 0 radical (unpaired) electrons. The van der Waals surface area contributed by atoms with Gasteiger partial charge in [0.1, 0.15) is 5.82 Å². The number of aromatic nitrogens is 1. The maximum Gasteiger partial charge on any atom is 0.273 e. The van der Waals surface area contributed by atoms with Crippen LogP contribution < -0.4 is 5.32 Å². The molecule has 128 valence electrons. The van der Waals surface area contributed by atoms with E-state index >= 15 is 0 Å². The Bertz CT molecular complexity index is 711. The van der Waals surface area contributed by atoms with E-state index in [0.29, 0.717) is 25.5 Å². The fourth-order valence-corrected chi connectivity index (χ4v) is 2.57. The van der Waals surface area contributed by atoms with Gasteiger partial charge in [-0.2, -0.15) is 0 Å². The number of halogens is 1. The van der Waals surface area contributed by atoms with Gasteiger partial charge in [-0.3, -0.25) is 9.69 Å². The molecule has 1 amide bonds. The van der Waals surface area contributed by atoms with Crippen LogP contribution in [0.15, 0.2) is 28.8 Å². The Morgan fingerprint density at radius 3 is 2.92 bits per heavy atom. The first-order valence-electron chi connectivity index (χ1n) is 7.91. The molecule has 2 heterocycles. The first-order valence-corrected chi connectivity index (χ1v) is 7.91. The summed E-state index contributed by atoms with van der Waals surface area (Å²) < 4.78 is 23.8. The van der Waals surface area contributed by atoms with Crippen molar-refractivity contribution in [1.82, 2.24) is 15.4 Å². The molecule has 1 aliphatic rings. The number of amides is 1. The number of nitrogens with zero attached hydrogens (tertiary/aromatic N) is 2. The van der Waals surface area contributed by atoms with Crippen molar-refractivity contribution >= 4 is 5.91 Å². The molecule has 6 nitrogen and oxygen atoms in total. The van der Waals surface area contributed by atoms with E-state index in [9.17, 15) is 9.18 Å². The van der Waals surface area contributed by atoms with Gasteiger partial charge in [-0.05, 0) is 30.2 Å². The second kappa shape index (κ2) is 7.55. The third-order valence-electron chi connectivity index (χ3n) is 4.03. The molecule has 0 spiro atoms. The number of morpholine rings is 1. The van der Waals surface area contributed by atoms with E-state index in [1.165, 1.54) is 12.1 Å². The van der Waals surface area contributed by atoms with Crippen LogP contribution >= 0.6 is 0 Å². The summed E-state index contributed by atoms with van der Waals surface area (Å²) in [5, 5.41) is 6.55. The molecule has 3 rings (SSSR count). The highest BCUT2D eigenvalue weighted by atomic mass is 19.1. The number of carbonyl (C=O) groups is 1. The molecular weight excluding hydrogens is 313 g/mol. The van der Waals surface area contributed by atoms with Gasteiger partial charge in [-0.25, -0.2) is 4.39 Å². The second-order valence-corrected chi connectivity index (χ2v) is 5.82. The van der Waals surface area contributed by atoms with E-state index in [0.717, 1.165) is 24.2 Å². The number of ether oxygens (including phenoxy) is 1. The number of carbonyl (C=O) groups excluding carboxylic acids is 1. The molecule has 0 bridgehead atoms. The number of hydrogen-bond donors (Lipinski definition) is 1. The second-order valence-electron chi connectivity index (χ2n) is 5.82. The van der Waals surface area contributed by atoms with E-state index in [-0.39, 0.29) is 24.0 Å². The SMILES string of the molecule is Cc1ccc(F)cc1CNC(=O)c1cc(CN2CCOCC2)on1. The normalized spacial score (nSPS) is 15.4. The van der Waals surface area contributed by atoms with Gasteiger partial charge >= 0.3 is 0 Å². The van der Waals surface area contributed by atoms with Crippen molar-refractivity contribution in [3.63, 3.8) is 0 Å². The van der Waals surface area contributed by atoms with Gasteiger partial charge in [0, 0.05) is 25.7 Å². The van der Waals surface area contributed by atoms with Crippen LogP contribution in [0, 0.1) is 12.7 Å². The number of aryl methyl sites for hydroxylation is 1. The van der Waals surface area contributed by atoms with Gasteiger partial charge in [-0.1, -0.05) is 11.2 Å². The van der Waals surface area contributed by atoms with Crippen LogP contribution in [0.1, 0.15) is 27.4 Å². The van der Waals surface area contributed by atoms with E-state index in [2.05, 4.69) is 15.4 Å². The minimum atomic E-state index is -0.337. The zero-order valence-corrected chi connectivity index (χ0v) is 13.5. The van der Waals surface area contributed by atoms with Crippen molar-refractivity contribution in [3.05, 3.63) is 52.7 Å². The molecule has 1 aromatic carbocycles. The summed E-state index contributed by atoms with van der Waals surface area (Å²) in [6.07, 6.45) is 0. The van der Waals surface area contributed by atoms with Gasteiger partial charge in [0.05, 0.1) is 19.8 Å². The van der Waals surface area contributed by atoms with Crippen molar-refractivity contribution in [2.24, 2.45) is 0 Å². The van der Waals surface area contributed by atoms with Crippen molar-refractivity contribution in [1.29, 1.82) is 0 Å². The molecule has 0 aliphatic carbocycles. The number of nitrogens with one attached hydrogen (secondary N) is 1. The Morgan fingerprint density at radius 1 is 1.33 bits per heavy atom. The lowest BCUT2D eigenvalue weighted by Crippen LogP contribution is -2.35. The Labute approximate surface area is 139 Å². The zero-order chi connectivity index (χ0) is 16.9. The van der Waals surface area contributed by atoms with Crippen molar-refractivity contribution in [3.8, 4) is 0 Å². The lowest BCUT2D eigenvalue weighted by molar-refractivity contribution is 0.0305. The standard InChI is InChI=1S/C17H20FN3O3/c1-12-2-3-14(18)8-13(12)10-19-17(22)16-9-15(24-20-16)11-21-4-6-23-7-5-21/h2-3,8-9H,4-7,10-11H2,1H3,(H,19,22). The molecule has 0 unspecified atom stereocenters. The average Bonchev–Trinajstić information content (AvgIpc) is 3.05. The summed E-state index contributed by atoms with van der Waals surface area (Å²) in [6.45, 7) is 5.79. The summed E-state index contributed by atoms with van der Waals surface area (Å²) >= 11 is 0. The van der Waals surface area contributed by atoms with Crippen molar-refractivity contribution in [2.45, 2.75) is 20.0 Å². The van der Waals surface area contributed by atoms with Gasteiger partial charge in [-0.15, -0.1) is 0 Å². The van der Waals surface area contributed by atoms with Crippen molar-refractivity contribution < 1.29 is 18.4 Å². The monoisotopic (exact) mass is 333 g/mol. The summed E-state index contributed by atoms with van der Waals surface area (Å²) in [6, 6.07) is 6.15. The predicted molar refractivity (Wildman–Crippen MR) is 84.9 cm³/mol. The Kier molecular flexibility index (Phi) is 5.22. The summed E-state index contributed by atoms with van der Waals surface area (Å²) in [5.74, 6) is -0.0151. The molecule has 1 aliphatic heterocycles. The molecule has 7 heteroatoms. The molecule has 1 fully saturated rings. The van der Waals surface area contributed by atoms with Crippen LogP contribution in [0.25, 0.3) is 0 Å². The molecule has 1 N–H and O–H groups in total. The molecule has 0 atom stereocenters. The first kappa shape index (κ1) is 16.6. The zero-order valence-electron chi connectivity index (χ0n) is 13.5. The Balaban J connectivity index is 1.56. The fourth-order valence-electron chi connectivity index (χ4n) is 2.57. The molecule has 0 saturated carbocycles. The quantitative estimate of drug-likeness (QED) is 0.905. The molecule has 1 saturated heterocycles. The van der Waals surface area contributed by atoms with Crippen LogP contribution in [0.3, 0.4) is 0 Å². The fraction of sp³-hybridized carbons (Fsp3) is 0.412. The summed E-state index contributed by atoms with van der Waals surface area (Å²) in [4.78, 5) is 14.3. The summed E-state index contributed by atoms with van der Waals surface area (Å²) in [7, 11) is 0. The van der Waals surface area contributed by atoms with Crippen LogP contribution in [0.2, 0.25) is 0 Å². The lowest BCUT2D eigenvalue weighted by Gasteiger charge is -2.25. The first-order chi connectivity index (χ1) is 11.6. The van der Waals surface area contributed by atoms with Gasteiger partial charge in [0.15, 0.2) is 11.5 Å². The highest BCUT2D eigenvalue weighted by molar-refractivity contribution is 5.92. The van der Waals surface area contributed by atoms with Gasteiger partial charge in [0.2, 0.25) is 0 Å². The topological polar surface area (TPSA) is 67.6 Å². The van der Waals surface area contributed by atoms with Crippen LogP contribution in [-0.2, 0) is 17.8 Å². The van der Waals surface area contributed by atoms with Gasteiger partial charge < -0.3 is 14.6 Å². The average molecular weight is 333 g/mol. The molecular formula is C17H20FN3O3. The maximum absolute atomic E-state index is 13.3. The third-order valence-corrected chi connectivity index (χ3v) is 4.03. The lowest BCUT2D eigenvalue weighted by atomic mass is 10.1.